The first-order valence-electron chi connectivity index (χ1n) is 4.03. The summed E-state index contributed by atoms with van der Waals surface area (Å²) in [6.07, 6.45) is 1.33. The molecule has 1 rings (SSSR count). The zero-order valence-corrected chi connectivity index (χ0v) is 7.97. The second-order valence-electron chi connectivity index (χ2n) is 2.93. The Bertz CT molecular complexity index is 134. The molecule has 1 saturated heterocycles. The van der Waals surface area contributed by atoms with Gasteiger partial charge in [0.15, 0.2) is 0 Å². The smallest absolute Gasteiger partial charge is 0.104 e. The van der Waals surface area contributed by atoms with Crippen molar-refractivity contribution < 1.29 is 9.47 Å². The quantitative estimate of drug-likeness (QED) is 0.449. The third kappa shape index (κ3) is 1.71. The van der Waals surface area contributed by atoms with Crippen LogP contribution in [0, 0.1) is 0 Å². The molecular formula is C7H14BClO2. The van der Waals surface area contributed by atoms with Crippen molar-refractivity contribution in [2.75, 3.05) is 7.11 Å². The van der Waals surface area contributed by atoms with E-state index in [9.17, 15) is 0 Å². The highest BCUT2D eigenvalue weighted by Crippen LogP contribution is 2.28. The Balaban J connectivity index is 2.57. The maximum Gasteiger partial charge on any atom is 0.104 e. The summed E-state index contributed by atoms with van der Waals surface area (Å²) in [5.74, 6) is 0. The van der Waals surface area contributed by atoms with E-state index in [1.165, 1.54) is 0 Å². The van der Waals surface area contributed by atoms with Crippen LogP contribution in [0.4, 0.5) is 0 Å². The SMILES string of the molecule is BC[C@H]1O[C@@H](C)[C@@H](Cl)[C@@H]1OC. The number of hydrogen-bond acceptors (Lipinski definition) is 2. The molecule has 11 heavy (non-hydrogen) atoms. The third-order valence-electron chi connectivity index (χ3n) is 2.19. The molecule has 4 atom stereocenters. The zero-order chi connectivity index (χ0) is 8.43. The van der Waals surface area contributed by atoms with Crippen molar-refractivity contribution in [2.45, 2.75) is 36.9 Å². The van der Waals surface area contributed by atoms with Gasteiger partial charge >= 0.3 is 0 Å². The Morgan fingerprint density at radius 1 is 1.64 bits per heavy atom. The van der Waals surface area contributed by atoms with Crippen LogP contribution in [0.5, 0.6) is 0 Å². The fourth-order valence-corrected chi connectivity index (χ4v) is 1.84. The predicted octanol–water partition coefficient (Wildman–Crippen LogP) is 0.448. The van der Waals surface area contributed by atoms with Gasteiger partial charge in [-0.25, -0.2) is 0 Å². The van der Waals surface area contributed by atoms with Crippen molar-refractivity contribution in [2.24, 2.45) is 0 Å². The van der Waals surface area contributed by atoms with Gasteiger partial charge in [0.25, 0.3) is 0 Å². The van der Waals surface area contributed by atoms with Gasteiger partial charge in [0.2, 0.25) is 0 Å². The van der Waals surface area contributed by atoms with Gasteiger partial charge in [-0.05, 0) is 6.92 Å². The summed E-state index contributed by atoms with van der Waals surface area (Å²) in [6.45, 7) is 1.99. The van der Waals surface area contributed by atoms with Crippen molar-refractivity contribution in [3.8, 4) is 0 Å². The molecule has 1 heterocycles. The minimum atomic E-state index is 0.00458. The van der Waals surface area contributed by atoms with E-state index in [0.29, 0.717) is 0 Å². The second kappa shape index (κ2) is 3.79. The minimum absolute atomic E-state index is 0.00458. The number of alkyl halides is 1. The molecule has 0 aromatic rings. The van der Waals surface area contributed by atoms with E-state index in [4.69, 9.17) is 21.1 Å². The molecule has 0 radical (unpaired) electrons. The summed E-state index contributed by atoms with van der Waals surface area (Å²) in [6, 6.07) is 0. The van der Waals surface area contributed by atoms with Crippen molar-refractivity contribution in [3.05, 3.63) is 0 Å². The van der Waals surface area contributed by atoms with Gasteiger partial charge in [-0.2, -0.15) is 0 Å². The molecule has 0 spiro atoms. The molecule has 0 N–H and O–H groups in total. The van der Waals surface area contributed by atoms with Gasteiger partial charge in [0.05, 0.1) is 17.6 Å². The fourth-order valence-electron chi connectivity index (χ4n) is 1.51. The number of hydrogen-bond donors (Lipinski definition) is 0. The highest BCUT2D eigenvalue weighted by Gasteiger charge is 2.40. The van der Waals surface area contributed by atoms with Crippen LogP contribution in [-0.4, -0.2) is 38.6 Å². The summed E-state index contributed by atoms with van der Waals surface area (Å²) in [4.78, 5) is 0. The van der Waals surface area contributed by atoms with Crippen LogP contribution >= 0.6 is 11.6 Å². The van der Waals surface area contributed by atoms with E-state index in [1.807, 2.05) is 6.92 Å². The molecule has 0 unspecified atom stereocenters. The van der Waals surface area contributed by atoms with Crippen LogP contribution in [0.3, 0.4) is 0 Å². The molecule has 1 fully saturated rings. The Morgan fingerprint density at radius 3 is 2.64 bits per heavy atom. The zero-order valence-electron chi connectivity index (χ0n) is 7.21. The van der Waals surface area contributed by atoms with E-state index in [2.05, 4.69) is 7.85 Å². The second-order valence-corrected chi connectivity index (χ2v) is 3.44. The van der Waals surface area contributed by atoms with Crippen molar-refractivity contribution in [1.29, 1.82) is 0 Å². The molecule has 1 aliphatic heterocycles. The molecule has 0 amide bonds. The molecule has 0 saturated carbocycles. The van der Waals surface area contributed by atoms with Crippen LogP contribution < -0.4 is 0 Å². The van der Waals surface area contributed by atoms with Gasteiger partial charge in [0.1, 0.15) is 14.0 Å². The molecular weight excluding hydrogens is 162 g/mol. The normalized spacial score (nSPS) is 44.6. The molecule has 0 aliphatic carbocycles. The van der Waals surface area contributed by atoms with Crippen LogP contribution in [0.25, 0.3) is 0 Å². The number of ether oxygens (including phenoxy) is 2. The number of halogens is 1. The van der Waals surface area contributed by atoms with E-state index in [1.54, 1.807) is 7.11 Å². The highest BCUT2D eigenvalue weighted by molar-refractivity contribution is 6.21. The molecule has 0 aromatic heterocycles. The standard InChI is InChI=1S/C7H14BClO2/c1-4-6(9)7(10-2)5(3-8)11-4/h4-7H,3,8H2,1-2H3/t4-,5+,6+,7+/m0/s1. The van der Waals surface area contributed by atoms with E-state index < -0.39 is 0 Å². The van der Waals surface area contributed by atoms with Crippen LogP contribution in [0.2, 0.25) is 6.32 Å². The molecule has 0 aromatic carbocycles. The molecule has 64 valence electrons. The van der Waals surface area contributed by atoms with E-state index >= 15 is 0 Å². The van der Waals surface area contributed by atoms with Gasteiger partial charge in [0, 0.05) is 7.11 Å². The van der Waals surface area contributed by atoms with Crippen LogP contribution in [0.1, 0.15) is 6.92 Å². The summed E-state index contributed by atoms with van der Waals surface area (Å²) < 4.78 is 10.8. The topological polar surface area (TPSA) is 18.5 Å². The average Bonchev–Trinajstić information content (AvgIpc) is 2.28. The first kappa shape index (κ1) is 9.36. The lowest BCUT2D eigenvalue weighted by Crippen LogP contribution is -2.29. The van der Waals surface area contributed by atoms with Gasteiger partial charge in [-0.3, -0.25) is 0 Å². The van der Waals surface area contributed by atoms with Gasteiger partial charge in [-0.1, -0.05) is 6.32 Å². The summed E-state index contributed by atoms with van der Waals surface area (Å²) in [5, 5.41) is 0.00458. The van der Waals surface area contributed by atoms with E-state index in [0.717, 1.165) is 6.32 Å². The molecule has 4 heteroatoms. The molecule has 2 nitrogen and oxygen atoms in total. The maximum absolute atomic E-state index is 6.05. The van der Waals surface area contributed by atoms with E-state index in [-0.39, 0.29) is 23.7 Å². The predicted molar refractivity (Wildman–Crippen MR) is 48.1 cm³/mol. The Morgan fingerprint density at radius 2 is 2.27 bits per heavy atom. The van der Waals surface area contributed by atoms with Crippen molar-refractivity contribution >= 4 is 19.4 Å². The molecule has 0 bridgehead atoms. The summed E-state index contributed by atoms with van der Waals surface area (Å²) in [5.41, 5.74) is 0. The van der Waals surface area contributed by atoms with Crippen molar-refractivity contribution in [3.63, 3.8) is 0 Å². The lowest BCUT2D eigenvalue weighted by molar-refractivity contribution is 0.0108. The van der Waals surface area contributed by atoms with Gasteiger partial charge < -0.3 is 9.47 Å². The Hall–Kier alpha value is 0.275. The summed E-state index contributed by atoms with van der Waals surface area (Å²) >= 11 is 6.05. The Labute approximate surface area is 73.6 Å². The van der Waals surface area contributed by atoms with Crippen LogP contribution in [-0.2, 0) is 9.47 Å². The first-order valence-corrected chi connectivity index (χ1v) is 4.46. The lowest BCUT2D eigenvalue weighted by atomic mass is 9.95. The Kier molecular flexibility index (Phi) is 3.22. The van der Waals surface area contributed by atoms with Gasteiger partial charge in [-0.15, -0.1) is 11.6 Å². The first-order chi connectivity index (χ1) is 5.20. The van der Waals surface area contributed by atoms with Crippen LogP contribution in [0.15, 0.2) is 0 Å². The monoisotopic (exact) mass is 176 g/mol. The lowest BCUT2D eigenvalue weighted by Gasteiger charge is -2.16. The van der Waals surface area contributed by atoms with Crippen molar-refractivity contribution in [1.82, 2.24) is 0 Å². The fraction of sp³-hybridized carbons (Fsp3) is 1.00. The maximum atomic E-state index is 6.05. The largest absolute Gasteiger partial charge is 0.377 e. The number of methoxy groups -OCH3 is 1. The average molecular weight is 176 g/mol. The number of rotatable bonds is 2. The molecule has 1 aliphatic rings. The minimum Gasteiger partial charge on any atom is -0.377 e. The summed E-state index contributed by atoms with van der Waals surface area (Å²) in [7, 11) is 3.77. The third-order valence-corrected chi connectivity index (χ3v) is 2.80. The highest BCUT2D eigenvalue weighted by atomic mass is 35.5.